The summed E-state index contributed by atoms with van der Waals surface area (Å²) in [5, 5.41) is 2.86. The van der Waals surface area contributed by atoms with Crippen molar-refractivity contribution < 1.29 is 4.79 Å². The van der Waals surface area contributed by atoms with Crippen molar-refractivity contribution in [2.75, 3.05) is 4.90 Å². The van der Waals surface area contributed by atoms with E-state index in [-0.39, 0.29) is 11.2 Å². The average molecular weight is 446 g/mol. The first-order valence-corrected chi connectivity index (χ1v) is 14.6. The van der Waals surface area contributed by atoms with Crippen LogP contribution in [0.25, 0.3) is 0 Å². The van der Waals surface area contributed by atoms with E-state index in [4.69, 9.17) is 0 Å². The third-order valence-electron chi connectivity index (χ3n) is 7.66. The van der Waals surface area contributed by atoms with Crippen LogP contribution < -0.4 is 15.3 Å². The molecule has 0 bridgehead atoms. The lowest BCUT2D eigenvalue weighted by atomic mass is 9.68. The van der Waals surface area contributed by atoms with Gasteiger partial charge in [-0.1, -0.05) is 93.7 Å². The molecule has 0 saturated carbocycles. The number of carbonyl (C=O) groups excluding carboxylic acids is 1. The summed E-state index contributed by atoms with van der Waals surface area (Å²) in [4.78, 5) is 16.0. The first-order valence-electron chi connectivity index (χ1n) is 11.6. The third-order valence-corrected chi connectivity index (χ3v) is 11.2. The first kappa shape index (κ1) is 20.2. The SMILES string of the molecule is CC1(C)c2ccccc2C(=O)c2cc(N3c4ccccc4[Si](C)(C)c4ccccc43)ccc21. The van der Waals surface area contributed by atoms with Crippen molar-refractivity contribution in [1.29, 1.82) is 0 Å². The Morgan fingerprint density at radius 2 is 1.21 bits per heavy atom. The Morgan fingerprint density at radius 1 is 0.667 bits per heavy atom. The lowest BCUT2D eigenvalue weighted by Gasteiger charge is -2.41. The molecule has 1 heterocycles. The fourth-order valence-corrected chi connectivity index (χ4v) is 8.85. The molecule has 1 aliphatic carbocycles. The Hall–Kier alpha value is -3.43. The minimum Gasteiger partial charge on any atom is -0.311 e. The maximum absolute atomic E-state index is 13.6. The molecule has 0 fully saturated rings. The Labute approximate surface area is 196 Å². The van der Waals surface area contributed by atoms with E-state index in [2.05, 4.69) is 105 Å². The van der Waals surface area contributed by atoms with Crippen molar-refractivity contribution in [3.05, 3.63) is 113 Å². The second kappa shape index (κ2) is 6.78. The number of hydrogen-bond acceptors (Lipinski definition) is 2. The molecule has 0 unspecified atom stereocenters. The lowest BCUT2D eigenvalue weighted by molar-refractivity contribution is 0.103. The number of anilines is 3. The van der Waals surface area contributed by atoms with Crippen LogP contribution in [0.15, 0.2) is 91.0 Å². The second-order valence-electron chi connectivity index (χ2n) is 10.2. The Kier molecular flexibility index (Phi) is 4.15. The molecule has 4 aromatic carbocycles. The first-order chi connectivity index (χ1) is 15.8. The van der Waals surface area contributed by atoms with Gasteiger partial charge in [-0.15, -0.1) is 0 Å². The van der Waals surface area contributed by atoms with E-state index in [0.29, 0.717) is 0 Å². The van der Waals surface area contributed by atoms with Crippen molar-refractivity contribution >= 4 is 41.3 Å². The van der Waals surface area contributed by atoms with Gasteiger partial charge in [0.2, 0.25) is 0 Å². The zero-order valence-corrected chi connectivity index (χ0v) is 20.5. The molecule has 0 amide bonds. The highest BCUT2D eigenvalue weighted by Crippen LogP contribution is 2.44. The van der Waals surface area contributed by atoms with Crippen LogP contribution >= 0.6 is 0 Å². The van der Waals surface area contributed by atoms with Crippen LogP contribution in [0.3, 0.4) is 0 Å². The molecule has 2 nitrogen and oxygen atoms in total. The molecule has 4 aromatic rings. The van der Waals surface area contributed by atoms with Crippen LogP contribution in [0.4, 0.5) is 17.1 Å². The van der Waals surface area contributed by atoms with E-state index < -0.39 is 8.07 Å². The van der Waals surface area contributed by atoms with Crippen LogP contribution in [-0.4, -0.2) is 13.9 Å². The predicted molar refractivity (Wildman–Crippen MR) is 140 cm³/mol. The summed E-state index contributed by atoms with van der Waals surface area (Å²) in [6.45, 7) is 9.29. The number of hydrogen-bond donors (Lipinski definition) is 0. The summed E-state index contributed by atoms with van der Waals surface area (Å²) < 4.78 is 0. The number of para-hydroxylation sites is 2. The fourth-order valence-electron chi connectivity index (χ4n) is 5.87. The fraction of sp³-hybridized carbons (Fsp3) is 0.167. The van der Waals surface area contributed by atoms with E-state index >= 15 is 0 Å². The van der Waals surface area contributed by atoms with Gasteiger partial charge >= 0.3 is 0 Å². The summed E-state index contributed by atoms with van der Waals surface area (Å²) >= 11 is 0. The number of benzene rings is 4. The molecular weight excluding hydrogens is 418 g/mol. The molecule has 0 saturated heterocycles. The third kappa shape index (κ3) is 2.69. The molecule has 0 radical (unpaired) electrons. The minimum absolute atomic E-state index is 0.120. The topological polar surface area (TPSA) is 20.3 Å². The lowest BCUT2D eigenvalue weighted by Crippen LogP contribution is -2.58. The average Bonchev–Trinajstić information content (AvgIpc) is 2.83. The smallest absolute Gasteiger partial charge is 0.193 e. The zero-order valence-electron chi connectivity index (χ0n) is 19.5. The molecule has 1 aliphatic heterocycles. The number of rotatable bonds is 1. The van der Waals surface area contributed by atoms with Crippen molar-refractivity contribution in [3.63, 3.8) is 0 Å². The van der Waals surface area contributed by atoms with Crippen molar-refractivity contribution in [3.8, 4) is 0 Å². The van der Waals surface area contributed by atoms with Crippen molar-refractivity contribution in [1.82, 2.24) is 0 Å². The van der Waals surface area contributed by atoms with Crippen LogP contribution in [0.2, 0.25) is 13.1 Å². The maximum atomic E-state index is 13.6. The summed E-state index contributed by atoms with van der Waals surface area (Å²) in [5.41, 5.74) is 7.13. The molecule has 162 valence electrons. The monoisotopic (exact) mass is 445 g/mol. The molecular formula is C30H27NOSi. The number of fused-ring (bicyclic) bond motifs is 4. The molecule has 33 heavy (non-hydrogen) atoms. The van der Waals surface area contributed by atoms with Crippen molar-refractivity contribution in [2.24, 2.45) is 0 Å². The van der Waals surface area contributed by atoms with Gasteiger partial charge in [0.1, 0.15) is 8.07 Å². The number of ketones is 1. The highest BCUT2D eigenvalue weighted by Gasteiger charge is 2.40. The molecule has 6 rings (SSSR count). The standard InChI is InChI=1S/C30H27NOSi/c1-30(2)23-12-6-5-11-21(23)29(32)22-19-20(17-18-24(22)30)31-25-13-7-9-15-27(25)33(3,4)28-16-10-8-14-26(28)31/h5-19H,1-4H3. The zero-order chi connectivity index (χ0) is 23.0. The summed E-state index contributed by atoms with van der Waals surface area (Å²) in [7, 11) is -1.83. The maximum Gasteiger partial charge on any atom is 0.193 e. The second-order valence-corrected chi connectivity index (χ2v) is 14.6. The van der Waals surface area contributed by atoms with Gasteiger partial charge in [-0.2, -0.15) is 0 Å². The van der Waals surface area contributed by atoms with E-state index in [1.165, 1.54) is 21.7 Å². The molecule has 0 N–H and O–H groups in total. The minimum atomic E-state index is -1.83. The molecule has 3 heteroatoms. The Bertz CT molecular complexity index is 1400. The molecule has 2 aliphatic rings. The van der Waals surface area contributed by atoms with Gasteiger partial charge in [0.25, 0.3) is 0 Å². The van der Waals surface area contributed by atoms with Crippen LogP contribution in [-0.2, 0) is 5.41 Å². The normalized spacial score (nSPS) is 17.0. The predicted octanol–water partition coefficient (Wildman–Crippen LogP) is 6.16. The van der Waals surface area contributed by atoms with Gasteiger partial charge in [0, 0.05) is 33.6 Å². The van der Waals surface area contributed by atoms with Gasteiger partial charge in [0.05, 0.1) is 0 Å². The highest BCUT2D eigenvalue weighted by atomic mass is 28.3. The molecule has 0 spiro atoms. The van der Waals surface area contributed by atoms with Gasteiger partial charge < -0.3 is 4.90 Å². The van der Waals surface area contributed by atoms with E-state index in [0.717, 1.165) is 27.9 Å². The quantitative estimate of drug-likeness (QED) is 0.327. The largest absolute Gasteiger partial charge is 0.311 e. The summed E-state index contributed by atoms with van der Waals surface area (Å²) in [6, 6.07) is 32.1. The van der Waals surface area contributed by atoms with Crippen LogP contribution in [0.5, 0.6) is 0 Å². The molecule has 0 atom stereocenters. The van der Waals surface area contributed by atoms with Gasteiger partial charge in [-0.25, -0.2) is 0 Å². The summed E-state index contributed by atoms with van der Waals surface area (Å²) in [5.74, 6) is 0.120. The van der Waals surface area contributed by atoms with E-state index in [9.17, 15) is 4.79 Å². The highest BCUT2D eigenvalue weighted by molar-refractivity contribution is 7.02. The van der Waals surface area contributed by atoms with Crippen LogP contribution in [0, 0.1) is 0 Å². The van der Waals surface area contributed by atoms with E-state index in [1.54, 1.807) is 0 Å². The van der Waals surface area contributed by atoms with Gasteiger partial charge in [-0.3, -0.25) is 4.79 Å². The Morgan fingerprint density at radius 3 is 1.88 bits per heavy atom. The molecule has 0 aromatic heterocycles. The van der Waals surface area contributed by atoms with Gasteiger partial charge in [0.15, 0.2) is 5.78 Å². The summed E-state index contributed by atoms with van der Waals surface area (Å²) in [6.07, 6.45) is 0. The van der Waals surface area contributed by atoms with Crippen molar-refractivity contribution in [2.45, 2.75) is 32.4 Å². The Balaban J connectivity index is 1.59. The van der Waals surface area contributed by atoms with E-state index in [1.807, 2.05) is 18.2 Å². The number of nitrogens with zero attached hydrogens (tertiary/aromatic N) is 1. The number of carbonyl (C=O) groups is 1. The van der Waals surface area contributed by atoms with Crippen LogP contribution in [0.1, 0.15) is 40.9 Å². The van der Waals surface area contributed by atoms with Gasteiger partial charge in [-0.05, 0) is 45.8 Å².